The maximum absolute atomic E-state index is 12.4. The number of rotatable bonds is 6. The molecule has 0 fully saturated rings. The molecule has 0 unspecified atom stereocenters. The molecule has 0 saturated carbocycles. The molecule has 0 atom stereocenters. The van der Waals surface area contributed by atoms with Gasteiger partial charge in [0.1, 0.15) is 6.54 Å². The summed E-state index contributed by atoms with van der Waals surface area (Å²) >= 11 is 0. The number of amides is 1. The highest BCUT2D eigenvalue weighted by Crippen LogP contribution is 2.11. The molecule has 2 aromatic rings. The van der Waals surface area contributed by atoms with Crippen molar-refractivity contribution in [3.8, 4) is 0 Å². The zero-order valence-corrected chi connectivity index (χ0v) is 12.6. The number of carbonyl (C=O) groups is 2. The number of hydrogen-bond acceptors (Lipinski definition) is 3. The predicted molar refractivity (Wildman–Crippen MR) is 81.6 cm³/mol. The van der Waals surface area contributed by atoms with Crippen molar-refractivity contribution < 1.29 is 14.7 Å². The molecular weight excluding hydrogens is 282 g/mol. The largest absolute Gasteiger partial charge is 0.480 e. The minimum atomic E-state index is -1.02. The van der Waals surface area contributed by atoms with Crippen molar-refractivity contribution >= 4 is 11.9 Å². The summed E-state index contributed by atoms with van der Waals surface area (Å²) in [4.78, 5) is 24.6. The van der Waals surface area contributed by atoms with E-state index in [1.165, 1.54) is 4.90 Å². The van der Waals surface area contributed by atoms with E-state index in [2.05, 4.69) is 5.10 Å². The summed E-state index contributed by atoms with van der Waals surface area (Å²) in [5.74, 6) is -1.29. The Morgan fingerprint density at radius 3 is 2.45 bits per heavy atom. The monoisotopic (exact) mass is 301 g/mol. The molecule has 0 aliphatic heterocycles. The van der Waals surface area contributed by atoms with E-state index in [0.29, 0.717) is 12.1 Å². The van der Waals surface area contributed by atoms with Crippen molar-refractivity contribution in [3.63, 3.8) is 0 Å². The van der Waals surface area contributed by atoms with Gasteiger partial charge in [-0.25, -0.2) is 0 Å². The third kappa shape index (κ3) is 3.94. The number of carbonyl (C=O) groups excluding carboxylic acids is 1. The minimum absolute atomic E-state index is 0.174. The molecule has 0 radical (unpaired) electrons. The van der Waals surface area contributed by atoms with Crippen molar-refractivity contribution in [1.82, 2.24) is 14.7 Å². The van der Waals surface area contributed by atoms with Gasteiger partial charge in [-0.2, -0.15) is 5.10 Å². The zero-order valence-electron chi connectivity index (χ0n) is 12.6. The van der Waals surface area contributed by atoms with Crippen molar-refractivity contribution in [1.29, 1.82) is 0 Å². The lowest BCUT2D eigenvalue weighted by Gasteiger charge is -2.25. The number of carboxylic acids is 1. The number of carboxylic acid groups (broad SMARTS) is 1. The van der Waals surface area contributed by atoms with Crippen LogP contribution in [0.15, 0.2) is 42.7 Å². The molecule has 2 rings (SSSR count). The highest BCUT2D eigenvalue weighted by molar-refractivity contribution is 5.96. The van der Waals surface area contributed by atoms with Gasteiger partial charge in [0, 0.05) is 24.0 Å². The first-order valence-corrected chi connectivity index (χ1v) is 7.06. The zero-order chi connectivity index (χ0) is 16.1. The third-order valence-electron chi connectivity index (χ3n) is 3.29. The number of benzene rings is 1. The van der Waals surface area contributed by atoms with Gasteiger partial charge in [0.05, 0.1) is 6.54 Å². The summed E-state index contributed by atoms with van der Waals surface area (Å²) in [5, 5.41) is 13.0. The average molecular weight is 301 g/mol. The van der Waals surface area contributed by atoms with Gasteiger partial charge < -0.3 is 10.0 Å². The average Bonchev–Trinajstić information content (AvgIpc) is 2.97. The molecule has 116 valence electrons. The second-order valence-corrected chi connectivity index (χ2v) is 5.32. The molecular formula is C16H19N3O3. The molecule has 1 heterocycles. The van der Waals surface area contributed by atoms with Crippen molar-refractivity contribution in [2.45, 2.75) is 26.4 Å². The van der Waals surface area contributed by atoms with Crippen LogP contribution >= 0.6 is 0 Å². The highest BCUT2D eigenvalue weighted by atomic mass is 16.4. The Hall–Kier alpha value is -2.63. The van der Waals surface area contributed by atoms with E-state index in [1.54, 1.807) is 36.9 Å². The van der Waals surface area contributed by atoms with Crippen LogP contribution in [0.5, 0.6) is 0 Å². The van der Waals surface area contributed by atoms with Crippen LogP contribution in [0.25, 0.3) is 0 Å². The first kappa shape index (κ1) is 15.8. The topological polar surface area (TPSA) is 75.4 Å². The van der Waals surface area contributed by atoms with Crippen molar-refractivity contribution in [3.05, 3.63) is 53.9 Å². The lowest BCUT2D eigenvalue weighted by molar-refractivity contribution is -0.138. The molecule has 0 spiro atoms. The molecule has 1 aromatic heterocycles. The maximum atomic E-state index is 12.4. The van der Waals surface area contributed by atoms with Crippen LogP contribution < -0.4 is 0 Å². The number of aliphatic carboxylic acids is 1. The Morgan fingerprint density at radius 1 is 1.27 bits per heavy atom. The quantitative estimate of drug-likeness (QED) is 0.883. The van der Waals surface area contributed by atoms with Crippen LogP contribution in [-0.2, 0) is 11.3 Å². The van der Waals surface area contributed by atoms with E-state index >= 15 is 0 Å². The van der Waals surface area contributed by atoms with Gasteiger partial charge in [0.15, 0.2) is 0 Å². The van der Waals surface area contributed by atoms with E-state index < -0.39 is 5.97 Å². The first-order chi connectivity index (χ1) is 10.5. The van der Waals surface area contributed by atoms with Crippen LogP contribution in [0, 0.1) is 0 Å². The molecule has 1 amide bonds. The Kier molecular flexibility index (Phi) is 4.93. The molecule has 0 bridgehead atoms. The van der Waals surface area contributed by atoms with Gasteiger partial charge >= 0.3 is 5.97 Å². The van der Waals surface area contributed by atoms with Crippen LogP contribution in [0.3, 0.4) is 0 Å². The number of nitrogens with zero attached hydrogens (tertiary/aromatic N) is 3. The fraction of sp³-hybridized carbons (Fsp3) is 0.312. The highest BCUT2D eigenvalue weighted by Gasteiger charge is 2.21. The summed E-state index contributed by atoms with van der Waals surface area (Å²) in [6.45, 7) is 3.93. The number of aromatic nitrogens is 2. The van der Waals surface area contributed by atoms with Crippen LogP contribution in [0.1, 0.15) is 29.8 Å². The van der Waals surface area contributed by atoms with Crippen molar-refractivity contribution in [2.75, 3.05) is 6.54 Å². The fourth-order valence-corrected chi connectivity index (χ4v) is 2.13. The predicted octanol–water partition coefficient (Wildman–Crippen LogP) is 1.87. The molecule has 6 heteroatoms. The summed E-state index contributed by atoms with van der Waals surface area (Å²) in [6, 6.07) is 8.83. The van der Waals surface area contributed by atoms with Crippen LogP contribution in [0.4, 0.5) is 0 Å². The summed E-state index contributed by atoms with van der Waals surface area (Å²) in [7, 11) is 0. The minimum Gasteiger partial charge on any atom is -0.480 e. The summed E-state index contributed by atoms with van der Waals surface area (Å²) in [6.07, 6.45) is 3.58. The second-order valence-electron chi connectivity index (χ2n) is 5.32. The molecule has 1 N–H and O–H groups in total. The third-order valence-corrected chi connectivity index (χ3v) is 3.29. The van der Waals surface area contributed by atoms with E-state index in [9.17, 15) is 9.59 Å². The Balaban J connectivity index is 2.11. The fourth-order valence-electron chi connectivity index (χ4n) is 2.13. The van der Waals surface area contributed by atoms with Gasteiger partial charge in [0.25, 0.3) is 5.91 Å². The van der Waals surface area contributed by atoms with Crippen LogP contribution in [0.2, 0.25) is 0 Å². The Labute approximate surface area is 129 Å². The lowest BCUT2D eigenvalue weighted by atomic mass is 10.1. The molecule has 0 aliphatic carbocycles. The Morgan fingerprint density at radius 2 is 1.95 bits per heavy atom. The smallest absolute Gasteiger partial charge is 0.323 e. The Bertz CT molecular complexity index is 633. The molecule has 6 nitrogen and oxygen atoms in total. The van der Waals surface area contributed by atoms with Gasteiger partial charge in [-0.3, -0.25) is 14.3 Å². The first-order valence-electron chi connectivity index (χ1n) is 7.06. The van der Waals surface area contributed by atoms with Gasteiger partial charge in [-0.15, -0.1) is 0 Å². The van der Waals surface area contributed by atoms with E-state index in [0.717, 1.165) is 5.56 Å². The maximum Gasteiger partial charge on any atom is 0.323 e. The van der Waals surface area contributed by atoms with E-state index in [1.807, 2.05) is 24.4 Å². The summed E-state index contributed by atoms with van der Waals surface area (Å²) < 4.78 is 1.79. The standard InChI is InChI=1S/C16H19N3O3/c1-12(2)19(11-15(20)21)16(22)14-6-4-13(5-7-14)10-18-9-3-8-17-18/h3-9,12H,10-11H2,1-2H3,(H,20,21). The van der Waals surface area contributed by atoms with Crippen molar-refractivity contribution in [2.24, 2.45) is 0 Å². The molecule has 1 aromatic carbocycles. The van der Waals surface area contributed by atoms with Crippen LogP contribution in [-0.4, -0.2) is 44.3 Å². The molecule has 0 saturated heterocycles. The lowest BCUT2D eigenvalue weighted by Crippen LogP contribution is -2.40. The van der Waals surface area contributed by atoms with Gasteiger partial charge in [-0.05, 0) is 37.6 Å². The number of hydrogen-bond donors (Lipinski definition) is 1. The SMILES string of the molecule is CC(C)N(CC(=O)O)C(=O)c1ccc(Cn2cccn2)cc1. The van der Waals surface area contributed by atoms with Gasteiger partial charge in [0.2, 0.25) is 0 Å². The second kappa shape index (κ2) is 6.89. The summed E-state index contributed by atoms with van der Waals surface area (Å²) in [5.41, 5.74) is 1.51. The van der Waals surface area contributed by atoms with E-state index in [4.69, 9.17) is 5.11 Å². The normalized spacial score (nSPS) is 10.7. The molecule has 0 aliphatic rings. The molecule has 22 heavy (non-hydrogen) atoms. The van der Waals surface area contributed by atoms with E-state index in [-0.39, 0.29) is 18.5 Å². The van der Waals surface area contributed by atoms with Gasteiger partial charge in [-0.1, -0.05) is 12.1 Å².